The van der Waals surface area contributed by atoms with E-state index in [9.17, 15) is 4.79 Å². The fourth-order valence-corrected chi connectivity index (χ4v) is 3.53. The minimum atomic E-state index is 0.0721. The Labute approximate surface area is 163 Å². The molecule has 0 radical (unpaired) electrons. The largest absolute Gasteiger partial charge is 0.345 e. The van der Waals surface area contributed by atoms with Gasteiger partial charge in [0.2, 0.25) is 5.91 Å². The predicted molar refractivity (Wildman–Crippen MR) is 107 cm³/mol. The second-order valence-electron chi connectivity index (χ2n) is 6.28. The first-order chi connectivity index (χ1) is 13.1. The molecule has 0 saturated heterocycles. The second-order valence-corrected chi connectivity index (χ2v) is 7.22. The zero-order valence-corrected chi connectivity index (χ0v) is 16.4. The average Bonchev–Trinajstić information content (AvgIpc) is 3.05. The van der Waals surface area contributed by atoms with Crippen LogP contribution in [0.2, 0.25) is 0 Å². The molecule has 0 spiro atoms. The van der Waals surface area contributed by atoms with Gasteiger partial charge in [-0.1, -0.05) is 48.2 Å². The highest BCUT2D eigenvalue weighted by Gasteiger charge is 2.14. The molecule has 0 atom stereocenters. The van der Waals surface area contributed by atoms with Gasteiger partial charge in [0.15, 0.2) is 5.16 Å². The van der Waals surface area contributed by atoms with Gasteiger partial charge in [-0.15, -0.1) is 10.2 Å². The first-order valence-electron chi connectivity index (χ1n) is 8.84. The number of pyridine rings is 1. The van der Waals surface area contributed by atoms with E-state index in [0.29, 0.717) is 18.8 Å². The third-order valence-corrected chi connectivity index (χ3v) is 5.22. The number of benzene rings is 1. The number of nitrogens with zero attached hydrogens (tertiary/aromatic N) is 5. The normalized spacial score (nSPS) is 10.7. The standard InChI is InChI=1S/C20H23N5OS/c1-16-22-23-20(25(16)14-17-8-4-3-5-9-17)27-15-19(26)24(2)13-11-18-10-6-7-12-21-18/h3-10,12H,11,13-15H2,1-2H3. The second kappa shape index (κ2) is 9.32. The zero-order chi connectivity index (χ0) is 19.1. The Morgan fingerprint density at radius 2 is 1.89 bits per heavy atom. The average molecular weight is 382 g/mol. The molecule has 0 aliphatic carbocycles. The fraction of sp³-hybridized carbons (Fsp3) is 0.300. The Balaban J connectivity index is 1.54. The highest BCUT2D eigenvalue weighted by Crippen LogP contribution is 2.19. The third-order valence-electron chi connectivity index (χ3n) is 4.27. The van der Waals surface area contributed by atoms with E-state index in [1.165, 1.54) is 17.3 Å². The molecule has 27 heavy (non-hydrogen) atoms. The van der Waals surface area contributed by atoms with E-state index < -0.39 is 0 Å². The first-order valence-corrected chi connectivity index (χ1v) is 9.82. The topological polar surface area (TPSA) is 63.9 Å². The lowest BCUT2D eigenvalue weighted by Crippen LogP contribution is -2.30. The maximum Gasteiger partial charge on any atom is 0.232 e. The summed E-state index contributed by atoms with van der Waals surface area (Å²) < 4.78 is 2.04. The van der Waals surface area contributed by atoms with Gasteiger partial charge in [0.25, 0.3) is 0 Å². The van der Waals surface area contributed by atoms with Crippen LogP contribution in [0.4, 0.5) is 0 Å². The van der Waals surface area contributed by atoms with E-state index in [1.807, 2.05) is 54.9 Å². The molecular formula is C20H23N5OS. The Bertz CT molecular complexity index is 867. The number of likely N-dealkylation sites (N-methyl/N-ethyl adjacent to an activating group) is 1. The van der Waals surface area contributed by atoms with Crippen molar-refractivity contribution in [3.63, 3.8) is 0 Å². The summed E-state index contributed by atoms with van der Waals surface area (Å²) >= 11 is 1.43. The van der Waals surface area contributed by atoms with Crippen molar-refractivity contribution in [1.82, 2.24) is 24.6 Å². The number of aryl methyl sites for hydroxylation is 1. The van der Waals surface area contributed by atoms with Crippen LogP contribution in [-0.4, -0.2) is 49.9 Å². The minimum Gasteiger partial charge on any atom is -0.345 e. The monoisotopic (exact) mass is 381 g/mol. The molecule has 0 aliphatic rings. The van der Waals surface area contributed by atoms with Crippen LogP contribution in [0.3, 0.4) is 0 Å². The summed E-state index contributed by atoms with van der Waals surface area (Å²) in [5.74, 6) is 1.26. The predicted octanol–water partition coefficient (Wildman–Crippen LogP) is 2.82. The summed E-state index contributed by atoms with van der Waals surface area (Å²) in [6.07, 6.45) is 2.52. The summed E-state index contributed by atoms with van der Waals surface area (Å²) in [5.41, 5.74) is 2.17. The molecule has 0 N–H and O–H groups in total. The maximum absolute atomic E-state index is 12.4. The van der Waals surface area contributed by atoms with Crippen molar-refractivity contribution in [2.75, 3.05) is 19.3 Å². The smallest absolute Gasteiger partial charge is 0.232 e. The van der Waals surface area contributed by atoms with Gasteiger partial charge >= 0.3 is 0 Å². The molecule has 0 saturated carbocycles. The number of rotatable bonds is 8. The van der Waals surface area contributed by atoms with Gasteiger partial charge in [-0.2, -0.15) is 0 Å². The number of hydrogen-bond acceptors (Lipinski definition) is 5. The van der Waals surface area contributed by atoms with Crippen molar-refractivity contribution in [3.05, 3.63) is 71.8 Å². The van der Waals surface area contributed by atoms with E-state index in [1.54, 1.807) is 11.1 Å². The third kappa shape index (κ3) is 5.40. The SMILES string of the molecule is Cc1nnc(SCC(=O)N(C)CCc2ccccn2)n1Cc1ccccc1. The van der Waals surface area contributed by atoms with Crippen LogP contribution >= 0.6 is 11.8 Å². The highest BCUT2D eigenvalue weighted by atomic mass is 32.2. The van der Waals surface area contributed by atoms with E-state index >= 15 is 0 Å². The van der Waals surface area contributed by atoms with Crippen LogP contribution in [0.5, 0.6) is 0 Å². The van der Waals surface area contributed by atoms with Gasteiger partial charge in [0, 0.05) is 31.9 Å². The van der Waals surface area contributed by atoms with Crippen molar-refractivity contribution in [1.29, 1.82) is 0 Å². The molecule has 0 aliphatic heterocycles. The molecule has 2 aromatic heterocycles. The summed E-state index contributed by atoms with van der Waals surface area (Å²) in [4.78, 5) is 18.5. The van der Waals surface area contributed by atoms with Gasteiger partial charge in [-0.05, 0) is 24.6 Å². The molecule has 0 unspecified atom stereocenters. The quantitative estimate of drug-likeness (QED) is 0.562. The molecule has 2 heterocycles. The Morgan fingerprint density at radius 3 is 2.63 bits per heavy atom. The molecule has 0 bridgehead atoms. The Morgan fingerprint density at radius 1 is 1.11 bits per heavy atom. The lowest BCUT2D eigenvalue weighted by molar-refractivity contribution is -0.127. The number of carbonyl (C=O) groups is 1. The zero-order valence-electron chi connectivity index (χ0n) is 15.6. The Kier molecular flexibility index (Phi) is 6.59. The first kappa shape index (κ1) is 19.1. The summed E-state index contributed by atoms with van der Waals surface area (Å²) in [7, 11) is 1.83. The number of hydrogen-bond donors (Lipinski definition) is 0. The van der Waals surface area contributed by atoms with E-state index in [4.69, 9.17) is 0 Å². The van der Waals surface area contributed by atoms with Gasteiger partial charge in [-0.3, -0.25) is 9.78 Å². The lowest BCUT2D eigenvalue weighted by Gasteiger charge is -2.16. The molecule has 140 valence electrons. The summed E-state index contributed by atoms with van der Waals surface area (Å²) in [6.45, 7) is 3.28. The molecule has 3 aromatic rings. The lowest BCUT2D eigenvalue weighted by atomic mass is 10.2. The number of thioether (sulfide) groups is 1. The van der Waals surface area contributed by atoms with Crippen LogP contribution in [0.25, 0.3) is 0 Å². The van der Waals surface area contributed by atoms with Gasteiger partial charge in [0.05, 0.1) is 12.3 Å². The summed E-state index contributed by atoms with van der Waals surface area (Å²) in [6, 6.07) is 16.0. The Hall–Kier alpha value is -2.67. The molecule has 1 amide bonds. The van der Waals surface area contributed by atoms with Crippen molar-refractivity contribution < 1.29 is 4.79 Å². The van der Waals surface area contributed by atoms with Crippen molar-refractivity contribution in [3.8, 4) is 0 Å². The van der Waals surface area contributed by atoms with E-state index in [2.05, 4.69) is 27.3 Å². The highest BCUT2D eigenvalue weighted by molar-refractivity contribution is 7.99. The molecule has 0 fully saturated rings. The van der Waals surface area contributed by atoms with Gasteiger partial charge in [0.1, 0.15) is 5.82 Å². The molecule has 3 rings (SSSR count). The fourth-order valence-electron chi connectivity index (χ4n) is 2.61. The van der Waals surface area contributed by atoms with Crippen LogP contribution in [0.1, 0.15) is 17.1 Å². The van der Waals surface area contributed by atoms with Crippen molar-refractivity contribution in [2.45, 2.75) is 25.0 Å². The molecule has 6 nitrogen and oxygen atoms in total. The van der Waals surface area contributed by atoms with Crippen molar-refractivity contribution >= 4 is 17.7 Å². The molecule has 7 heteroatoms. The van der Waals surface area contributed by atoms with Crippen LogP contribution in [-0.2, 0) is 17.8 Å². The van der Waals surface area contributed by atoms with E-state index in [-0.39, 0.29) is 5.91 Å². The maximum atomic E-state index is 12.4. The summed E-state index contributed by atoms with van der Waals surface area (Å²) in [5, 5.41) is 9.17. The van der Waals surface area contributed by atoms with Crippen LogP contribution in [0.15, 0.2) is 59.9 Å². The molecular weight excluding hydrogens is 358 g/mol. The molecule has 1 aromatic carbocycles. The number of amides is 1. The van der Waals surface area contributed by atoms with Crippen LogP contribution < -0.4 is 0 Å². The van der Waals surface area contributed by atoms with Gasteiger partial charge in [-0.25, -0.2) is 0 Å². The minimum absolute atomic E-state index is 0.0721. The number of aromatic nitrogens is 4. The number of carbonyl (C=O) groups excluding carboxylic acids is 1. The van der Waals surface area contributed by atoms with E-state index in [0.717, 1.165) is 23.1 Å². The van der Waals surface area contributed by atoms with Crippen molar-refractivity contribution in [2.24, 2.45) is 0 Å². The van der Waals surface area contributed by atoms with Crippen LogP contribution in [0, 0.1) is 6.92 Å². The van der Waals surface area contributed by atoms with Gasteiger partial charge < -0.3 is 9.47 Å².